The van der Waals surface area contributed by atoms with Crippen molar-refractivity contribution in [2.45, 2.75) is 27.4 Å². The summed E-state index contributed by atoms with van der Waals surface area (Å²) in [5.41, 5.74) is 1.36. The van der Waals surface area contributed by atoms with Crippen LogP contribution in [0.2, 0.25) is 0 Å². The molecule has 1 N–H and O–H groups in total. The smallest absolute Gasteiger partial charge is 0.336 e. The number of carbonyl (C=O) groups excluding carboxylic acids is 3. The average Bonchev–Trinajstić information content (AvgIpc) is 2.93. The van der Waals surface area contributed by atoms with Crippen molar-refractivity contribution in [1.29, 1.82) is 0 Å². The second kappa shape index (κ2) is 13.7. The van der Waals surface area contributed by atoms with Crippen LogP contribution in [0.15, 0.2) is 69.1 Å². The molecule has 4 amide bonds. The van der Waals surface area contributed by atoms with E-state index in [-0.39, 0.29) is 11.3 Å². The Labute approximate surface area is 254 Å². The summed E-state index contributed by atoms with van der Waals surface area (Å²) < 4.78 is 24.6. The fourth-order valence-electron chi connectivity index (χ4n) is 4.06. The standard InChI is InChI=1S/C30H28Br2N2O7/c1-4-38-21-11-12-25(39-5-2)24(16-21)34-29(36)22(28(35)33-30(34)37)13-19-14-23(32)27(26(15-19)40-6-3)41-17-18-7-9-20(31)10-8-18/h7-16H,4-6,17H2,1-3H3,(H,33,35,37)/b22-13+. The van der Waals surface area contributed by atoms with Crippen molar-refractivity contribution in [2.75, 3.05) is 24.7 Å². The molecule has 0 radical (unpaired) electrons. The first kappa shape index (κ1) is 30.1. The molecular weight excluding hydrogens is 660 g/mol. The number of imide groups is 2. The molecule has 1 heterocycles. The quantitative estimate of drug-likeness (QED) is 0.178. The Balaban J connectivity index is 1.69. The molecular formula is C30H28Br2N2O7. The molecule has 9 nitrogen and oxygen atoms in total. The number of nitrogens with zero attached hydrogens (tertiary/aromatic N) is 1. The summed E-state index contributed by atoms with van der Waals surface area (Å²) >= 11 is 6.96. The number of halogens is 2. The van der Waals surface area contributed by atoms with Crippen molar-refractivity contribution in [3.05, 3.63) is 80.2 Å². The lowest BCUT2D eigenvalue weighted by Gasteiger charge is -2.28. The summed E-state index contributed by atoms with van der Waals surface area (Å²) in [7, 11) is 0. The minimum absolute atomic E-state index is 0.159. The third-order valence-corrected chi connectivity index (χ3v) is 6.94. The van der Waals surface area contributed by atoms with Crippen LogP contribution in [-0.4, -0.2) is 37.7 Å². The number of urea groups is 1. The van der Waals surface area contributed by atoms with Gasteiger partial charge in [0.15, 0.2) is 11.5 Å². The van der Waals surface area contributed by atoms with Crippen molar-refractivity contribution in [3.63, 3.8) is 0 Å². The third kappa shape index (κ3) is 7.09. The Morgan fingerprint density at radius 2 is 1.49 bits per heavy atom. The highest BCUT2D eigenvalue weighted by Crippen LogP contribution is 2.39. The average molecular weight is 688 g/mol. The van der Waals surface area contributed by atoms with Crippen molar-refractivity contribution in [3.8, 4) is 23.0 Å². The molecule has 0 spiro atoms. The van der Waals surface area contributed by atoms with Gasteiger partial charge in [-0.05, 0) is 90.3 Å². The number of ether oxygens (including phenoxy) is 4. The maximum absolute atomic E-state index is 13.6. The van der Waals surface area contributed by atoms with Crippen LogP contribution < -0.4 is 29.2 Å². The molecule has 1 saturated heterocycles. The number of benzene rings is 3. The molecule has 41 heavy (non-hydrogen) atoms. The van der Waals surface area contributed by atoms with Crippen LogP contribution in [0.5, 0.6) is 23.0 Å². The monoisotopic (exact) mass is 686 g/mol. The van der Waals surface area contributed by atoms with E-state index in [1.54, 1.807) is 31.2 Å². The third-order valence-electron chi connectivity index (χ3n) is 5.82. The van der Waals surface area contributed by atoms with Crippen LogP contribution >= 0.6 is 31.9 Å². The second-order valence-corrected chi connectivity index (χ2v) is 10.4. The number of anilines is 1. The van der Waals surface area contributed by atoms with Gasteiger partial charge in [-0.15, -0.1) is 0 Å². The molecule has 0 aliphatic carbocycles. The zero-order valence-corrected chi connectivity index (χ0v) is 25.8. The van der Waals surface area contributed by atoms with Gasteiger partial charge in [-0.3, -0.25) is 14.9 Å². The molecule has 0 saturated carbocycles. The van der Waals surface area contributed by atoms with Crippen LogP contribution in [0.1, 0.15) is 31.9 Å². The predicted octanol–water partition coefficient (Wildman–Crippen LogP) is 6.65. The molecule has 3 aromatic rings. The Morgan fingerprint density at radius 3 is 2.17 bits per heavy atom. The van der Waals surface area contributed by atoms with Crippen molar-refractivity contribution < 1.29 is 33.3 Å². The Morgan fingerprint density at radius 1 is 0.805 bits per heavy atom. The molecule has 1 aliphatic rings. The van der Waals surface area contributed by atoms with E-state index in [2.05, 4.69) is 37.2 Å². The predicted molar refractivity (Wildman–Crippen MR) is 162 cm³/mol. The van der Waals surface area contributed by atoms with Crippen molar-refractivity contribution in [1.82, 2.24) is 5.32 Å². The summed E-state index contributed by atoms with van der Waals surface area (Å²) in [4.78, 5) is 40.2. The first-order valence-corrected chi connectivity index (χ1v) is 14.5. The number of amides is 4. The highest BCUT2D eigenvalue weighted by molar-refractivity contribution is 9.10. The summed E-state index contributed by atoms with van der Waals surface area (Å²) in [5.74, 6) is 0.00495. The van der Waals surface area contributed by atoms with E-state index in [1.807, 2.05) is 38.1 Å². The normalized spacial score (nSPS) is 14.2. The Kier molecular flexibility index (Phi) is 10.1. The van der Waals surface area contributed by atoms with E-state index < -0.39 is 17.8 Å². The van der Waals surface area contributed by atoms with E-state index in [1.165, 1.54) is 12.1 Å². The zero-order chi connectivity index (χ0) is 29.5. The van der Waals surface area contributed by atoms with Gasteiger partial charge in [0.05, 0.1) is 30.0 Å². The highest BCUT2D eigenvalue weighted by atomic mass is 79.9. The number of nitrogens with one attached hydrogen (secondary N) is 1. The fraction of sp³-hybridized carbons (Fsp3) is 0.233. The van der Waals surface area contributed by atoms with E-state index in [9.17, 15) is 14.4 Å². The van der Waals surface area contributed by atoms with Crippen LogP contribution in [-0.2, 0) is 16.2 Å². The molecule has 3 aromatic carbocycles. The second-order valence-electron chi connectivity index (χ2n) is 8.63. The van der Waals surface area contributed by atoms with Gasteiger partial charge in [0.25, 0.3) is 11.8 Å². The molecule has 4 rings (SSSR count). The Bertz CT molecular complexity index is 1490. The van der Waals surface area contributed by atoms with Crippen molar-refractivity contribution in [2.24, 2.45) is 0 Å². The molecule has 11 heteroatoms. The van der Waals surface area contributed by atoms with Gasteiger partial charge >= 0.3 is 6.03 Å². The summed E-state index contributed by atoms with van der Waals surface area (Å²) in [6.07, 6.45) is 1.40. The molecule has 1 fully saturated rings. The Hall–Kier alpha value is -3.83. The summed E-state index contributed by atoms with van der Waals surface area (Å²) in [5, 5.41) is 2.25. The maximum atomic E-state index is 13.6. The van der Waals surface area contributed by atoms with Crippen LogP contribution in [0.4, 0.5) is 10.5 Å². The van der Waals surface area contributed by atoms with Gasteiger partial charge in [-0.25, -0.2) is 9.69 Å². The van der Waals surface area contributed by atoms with Crippen molar-refractivity contribution >= 4 is 61.5 Å². The topological polar surface area (TPSA) is 103 Å². The van der Waals surface area contributed by atoms with Gasteiger partial charge in [0.2, 0.25) is 0 Å². The lowest BCUT2D eigenvalue weighted by Crippen LogP contribution is -2.54. The lowest BCUT2D eigenvalue weighted by molar-refractivity contribution is -0.122. The molecule has 0 bridgehead atoms. The van der Waals surface area contributed by atoms with Crippen LogP contribution in [0.3, 0.4) is 0 Å². The molecule has 0 atom stereocenters. The molecule has 0 aromatic heterocycles. The fourth-order valence-corrected chi connectivity index (χ4v) is 4.90. The zero-order valence-electron chi connectivity index (χ0n) is 22.7. The molecule has 1 aliphatic heterocycles. The molecule has 214 valence electrons. The number of barbiturate groups is 1. The highest BCUT2D eigenvalue weighted by Gasteiger charge is 2.38. The summed E-state index contributed by atoms with van der Waals surface area (Å²) in [6, 6.07) is 15.0. The van der Waals surface area contributed by atoms with Crippen LogP contribution in [0, 0.1) is 0 Å². The van der Waals surface area contributed by atoms with Gasteiger partial charge in [-0.1, -0.05) is 28.1 Å². The van der Waals surface area contributed by atoms with Crippen LogP contribution in [0.25, 0.3) is 6.08 Å². The van der Waals surface area contributed by atoms with Gasteiger partial charge in [0.1, 0.15) is 23.7 Å². The number of carbonyl (C=O) groups is 3. The largest absolute Gasteiger partial charge is 0.494 e. The van der Waals surface area contributed by atoms with E-state index >= 15 is 0 Å². The maximum Gasteiger partial charge on any atom is 0.336 e. The van der Waals surface area contributed by atoms with Gasteiger partial charge in [0, 0.05) is 10.5 Å². The number of rotatable bonds is 11. The lowest BCUT2D eigenvalue weighted by atomic mass is 10.1. The minimum atomic E-state index is -0.889. The number of hydrogen-bond donors (Lipinski definition) is 1. The van der Waals surface area contributed by atoms with E-state index in [4.69, 9.17) is 18.9 Å². The van der Waals surface area contributed by atoms with Gasteiger partial charge < -0.3 is 18.9 Å². The van der Waals surface area contributed by atoms with Gasteiger partial charge in [-0.2, -0.15) is 0 Å². The SMILES string of the molecule is CCOc1ccc(OCC)c(N2C(=O)NC(=O)/C(=C\c3cc(Br)c(OCc4ccc(Br)cc4)c(OCC)c3)C2=O)c1. The first-order valence-electron chi connectivity index (χ1n) is 12.9. The first-order chi connectivity index (χ1) is 19.7. The summed E-state index contributed by atoms with van der Waals surface area (Å²) in [6.45, 7) is 6.79. The number of hydrogen-bond acceptors (Lipinski definition) is 7. The van der Waals surface area contributed by atoms with E-state index in [0.29, 0.717) is 59.5 Å². The minimum Gasteiger partial charge on any atom is -0.494 e. The molecule has 0 unspecified atom stereocenters. The van der Waals surface area contributed by atoms with E-state index in [0.717, 1.165) is 14.9 Å².